The van der Waals surface area contributed by atoms with Gasteiger partial charge in [0.15, 0.2) is 0 Å². The summed E-state index contributed by atoms with van der Waals surface area (Å²) in [6, 6.07) is 0. The van der Waals surface area contributed by atoms with Crippen LogP contribution in [0.25, 0.3) is 0 Å². The van der Waals surface area contributed by atoms with Crippen LogP contribution in [0.4, 0.5) is 0 Å². The molecule has 0 aromatic carbocycles. The van der Waals surface area contributed by atoms with Crippen molar-refractivity contribution in [2.75, 3.05) is 13.2 Å². The van der Waals surface area contributed by atoms with Crippen LogP contribution in [-0.2, 0) is 4.74 Å². The SMILES string of the molecule is CC1=C[C@@H](C)[C@@]2(CO)CO[C@H](C)[C@@H]1[C@H]2C. The molecule has 0 unspecified atom stereocenters. The lowest BCUT2D eigenvalue weighted by Crippen LogP contribution is -2.55. The van der Waals surface area contributed by atoms with Gasteiger partial charge in [-0.1, -0.05) is 25.5 Å². The quantitative estimate of drug-likeness (QED) is 0.673. The summed E-state index contributed by atoms with van der Waals surface area (Å²) in [5.41, 5.74) is 1.39. The molecule has 0 aromatic rings. The molecule has 1 fully saturated rings. The first kappa shape index (κ1) is 11.2. The highest BCUT2D eigenvalue weighted by atomic mass is 16.5. The molecule has 1 heterocycles. The Kier molecular flexibility index (Phi) is 2.68. The number of fused-ring (bicyclic) bond motifs is 2. The van der Waals surface area contributed by atoms with Crippen molar-refractivity contribution >= 4 is 0 Å². The lowest BCUT2D eigenvalue weighted by molar-refractivity contribution is -0.157. The van der Waals surface area contributed by atoms with E-state index in [1.807, 2.05) is 0 Å². The highest BCUT2D eigenvalue weighted by molar-refractivity contribution is 5.20. The van der Waals surface area contributed by atoms with Gasteiger partial charge >= 0.3 is 0 Å². The topological polar surface area (TPSA) is 29.5 Å². The van der Waals surface area contributed by atoms with Gasteiger partial charge in [0.25, 0.3) is 0 Å². The summed E-state index contributed by atoms with van der Waals surface area (Å²) in [5, 5.41) is 9.70. The van der Waals surface area contributed by atoms with Gasteiger partial charge in [-0.15, -0.1) is 0 Å². The number of rotatable bonds is 1. The number of ether oxygens (including phenoxy) is 1. The molecule has 2 aliphatic rings. The summed E-state index contributed by atoms with van der Waals surface area (Å²) in [6.07, 6.45) is 2.63. The van der Waals surface area contributed by atoms with Crippen LogP contribution in [0.3, 0.4) is 0 Å². The Labute approximate surface area is 92.3 Å². The van der Waals surface area contributed by atoms with E-state index >= 15 is 0 Å². The van der Waals surface area contributed by atoms with Gasteiger partial charge in [0.1, 0.15) is 0 Å². The zero-order chi connectivity index (χ0) is 11.2. The monoisotopic (exact) mass is 210 g/mol. The normalized spacial score (nSPS) is 50.1. The van der Waals surface area contributed by atoms with Crippen LogP contribution in [0.15, 0.2) is 11.6 Å². The minimum Gasteiger partial charge on any atom is -0.396 e. The number of aliphatic hydroxyl groups is 1. The summed E-state index contributed by atoms with van der Waals surface area (Å²) in [6.45, 7) is 9.76. The van der Waals surface area contributed by atoms with Crippen molar-refractivity contribution in [3.8, 4) is 0 Å². The largest absolute Gasteiger partial charge is 0.396 e. The van der Waals surface area contributed by atoms with Crippen LogP contribution in [0.2, 0.25) is 0 Å². The molecule has 15 heavy (non-hydrogen) atoms. The summed E-state index contributed by atoms with van der Waals surface area (Å²) in [4.78, 5) is 0. The molecule has 0 amide bonds. The fourth-order valence-electron chi connectivity index (χ4n) is 3.60. The zero-order valence-electron chi connectivity index (χ0n) is 10.2. The molecule has 2 nitrogen and oxygen atoms in total. The second-order valence-electron chi connectivity index (χ2n) is 5.42. The second kappa shape index (κ2) is 3.60. The van der Waals surface area contributed by atoms with Crippen LogP contribution >= 0.6 is 0 Å². The molecule has 1 aliphatic carbocycles. The van der Waals surface area contributed by atoms with Crippen LogP contribution < -0.4 is 0 Å². The predicted molar refractivity (Wildman–Crippen MR) is 60.5 cm³/mol. The standard InChI is InChI=1S/C13H22O2/c1-8-5-9(2)13(6-14)7-15-11(4)12(8)10(13)3/h5,9-12,14H,6-7H2,1-4H3/t9-,10-,11-,12+,13-/m1/s1. The third-order valence-electron chi connectivity index (χ3n) is 4.81. The minimum atomic E-state index is -0.0450. The molecular weight excluding hydrogens is 188 g/mol. The van der Waals surface area contributed by atoms with Gasteiger partial charge in [-0.2, -0.15) is 0 Å². The van der Waals surface area contributed by atoms with Gasteiger partial charge in [-0.05, 0) is 25.7 Å². The van der Waals surface area contributed by atoms with E-state index in [1.165, 1.54) is 5.57 Å². The summed E-state index contributed by atoms with van der Waals surface area (Å²) in [5.74, 6) is 1.43. The third-order valence-corrected chi connectivity index (χ3v) is 4.81. The van der Waals surface area contributed by atoms with Crippen LogP contribution in [-0.4, -0.2) is 24.4 Å². The van der Waals surface area contributed by atoms with Crippen LogP contribution in [0, 0.1) is 23.2 Å². The maximum Gasteiger partial charge on any atom is 0.0615 e. The van der Waals surface area contributed by atoms with E-state index in [0.717, 1.165) is 0 Å². The van der Waals surface area contributed by atoms with Gasteiger partial charge in [-0.25, -0.2) is 0 Å². The first-order valence-corrected chi connectivity index (χ1v) is 5.93. The van der Waals surface area contributed by atoms with Crippen molar-refractivity contribution in [3.63, 3.8) is 0 Å². The number of aliphatic hydroxyl groups excluding tert-OH is 1. The molecule has 1 aliphatic heterocycles. The fraction of sp³-hybridized carbons (Fsp3) is 0.846. The third kappa shape index (κ3) is 1.38. The molecule has 5 atom stereocenters. The van der Waals surface area contributed by atoms with Crippen molar-refractivity contribution in [1.29, 1.82) is 0 Å². The highest BCUT2D eigenvalue weighted by Crippen LogP contribution is 2.51. The molecule has 0 saturated carbocycles. The van der Waals surface area contributed by atoms with E-state index in [0.29, 0.717) is 30.5 Å². The molecule has 2 rings (SSSR count). The average Bonchev–Trinajstić information content (AvgIpc) is 2.17. The molecule has 2 bridgehead atoms. The number of hydrogen-bond donors (Lipinski definition) is 1. The Hall–Kier alpha value is -0.340. The molecular formula is C13H22O2. The Morgan fingerprint density at radius 3 is 2.73 bits per heavy atom. The maximum absolute atomic E-state index is 9.70. The Morgan fingerprint density at radius 1 is 1.47 bits per heavy atom. The van der Waals surface area contributed by atoms with E-state index in [1.54, 1.807) is 0 Å². The van der Waals surface area contributed by atoms with Gasteiger partial charge in [0, 0.05) is 11.3 Å². The van der Waals surface area contributed by atoms with Gasteiger partial charge in [0.2, 0.25) is 0 Å². The van der Waals surface area contributed by atoms with Crippen molar-refractivity contribution in [1.82, 2.24) is 0 Å². The molecule has 0 aromatic heterocycles. The molecule has 1 saturated heterocycles. The van der Waals surface area contributed by atoms with E-state index in [9.17, 15) is 5.11 Å². The zero-order valence-corrected chi connectivity index (χ0v) is 10.2. The van der Waals surface area contributed by atoms with Gasteiger partial charge < -0.3 is 9.84 Å². The van der Waals surface area contributed by atoms with Crippen LogP contribution in [0.5, 0.6) is 0 Å². The minimum absolute atomic E-state index is 0.0450. The summed E-state index contributed by atoms with van der Waals surface area (Å²) in [7, 11) is 0. The van der Waals surface area contributed by atoms with Gasteiger partial charge in [-0.3, -0.25) is 0 Å². The summed E-state index contributed by atoms with van der Waals surface area (Å²) < 4.78 is 5.85. The average molecular weight is 210 g/mol. The Balaban J connectivity index is 2.43. The summed E-state index contributed by atoms with van der Waals surface area (Å²) >= 11 is 0. The van der Waals surface area contributed by atoms with Crippen molar-refractivity contribution < 1.29 is 9.84 Å². The number of hydrogen-bond acceptors (Lipinski definition) is 2. The smallest absolute Gasteiger partial charge is 0.0615 e. The van der Waals surface area contributed by atoms with Crippen LogP contribution in [0.1, 0.15) is 27.7 Å². The van der Waals surface area contributed by atoms with E-state index in [-0.39, 0.29) is 12.0 Å². The van der Waals surface area contributed by atoms with E-state index in [4.69, 9.17) is 4.74 Å². The fourth-order valence-corrected chi connectivity index (χ4v) is 3.60. The Bertz CT molecular complexity index is 284. The van der Waals surface area contributed by atoms with Crippen molar-refractivity contribution in [2.45, 2.75) is 33.8 Å². The van der Waals surface area contributed by atoms with E-state index < -0.39 is 0 Å². The van der Waals surface area contributed by atoms with Crippen molar-refractivity contribution in [2.24, 2.45) is 23.2 Å². The molecule has 0 spiro atoms. The molecule has 86 valence electrons. The second-order valence-corrected chi connectivity index (χ2v) is 5.42. The Morgan fingerprint density at radius 2 is 2.13 bits per heavy atom. The van der Waals surface area contributed by atoms with Crippen molar-refractivity contribution in [3.05, 3.63) is 11.6 Å². The van der Waals surface area contributed by atoms with E-state index in [2.05, 4.69) is 33.8 Å². The molecule has 1 N–H and O–H groups in total. The highest BCUT2D eigenvalue weighted by Gasteiger charge is 2.51. The van der Waals surface area contributed by atoms with Gasteiger partial charge in [0.05, 0.1) is 19.3 Å². The number of allylic oxidation sites excluding steroid dienone is 1. The maximum atomic E-state index is 9.70. The lowest BCUT2D eigenvalue weighted by atomic mass is 9.56. The predicted octanol–water partition coefficient (Wildman–Crippen LogP) is 2.23. The lowest BCUT2D eigenvalue weighted by Gasteiger charge is -2.54. The first-order valence-electron chi connectivity index (χ1n) is 5.93. The molecule has 2 heteroatoms. The first-order chi connectivity index (χ1) is 7.03. The molecule has 0 radical (unpaired) electrons.